The number of hydrogen-bond acceptors (Lipinski definition) is 4. The molecule has 1 heterocycles. The van der Waals surface area contributed by atoms with Gasteiger partial charge in [-0.25, -0.2) is 8.42 Å². The largest absolute Gasteiger partial charge is 0.355 e. The first-order valence-electron chi connectivity index (χ1n) is 9.58. The Balaban J connectivity index is 2.31. The van der Waals surface area contributed by atoms with E-state index in [0.717, 1.165) is 16.7 Å². The van der Waals surface area contributed by atoms with E-state index in [0.29, 0.717) is 37.4 Å². The normalized spacial score (nSPS) is 19.1. The van der Waals surface area contributed by atoms with Crippen LogP contribution in [0.3, 0.4) is 0 Å². The fourth-order valence-electron chi connectivity index (χ4n) is 3.63. The van der Waals surface area contributed by atoms with Gasteiger partial charge in [0.25, 0.3) is 0 Å². The van der Waals surface area contributed by atoms with Crippen molar-refractivity contribution in [3.05, 3.63) is 28.8 Å². The van der Waals surface area contributed by atoms with Gasteiger partial charge >= 0.3 is 0 Å². The van der Waals surface area contributed by atoms with Gasteiger partial charge in [-0.1, -0.05) is 32.9 Å². The number of aryl methyl sites for hydroxylation is 2. The predicted molar refractivity (Wildman–Crippen MR) is 108 cm³/mol. The first kappa shape index (κ1) is 21.9. The van der Waals surface area contributed by atoms with Crippen molar-refractivity contribution < 1.29 is 13.2 Å². The second kappa shape index (κ2) is 8.29. The lowest BCUT2D eigenvalue weighted by molar-refractivity contribution is -0.126. The number of sulfonamides is 1. The number of carbonyl (C=O) groups excluding carboxylic acids is 1. The molecular weight excluding hydrogens is 362 g/mol. The van der Waals surface area contributed by atoms with Crippen LogP contribution < -0.4 is 11.1 Å². The quantitative estimate of drug-likeness (QED) is 0.798. The monoisotopic (exact) mass is 395 g/mol. The average molecular weight is 396 g/mol. The number of nitrogens with two attached hydrogens (primary N) is 1. The number of nitrogens with one attached hydrogen (secondary N) is 1. The highest BCUT2D eigenvalue weighted by Crippen LogP contribution is 2.32. The Morgan fingerprint density at radius 3 is 2.37 bits per heavy atom. The lowest BCUT2D eigenvalue weighted by Crippen LogP contribution is -2.46. The molecule has 27 heavy (non-hydrogen) atoms. The van der Waals surface area contributed by atoms with Gasteiger partial charge in [0.1, 0.15) is 0 Å². The van der Waals surface area contributed by atoms with Crippen LogP contribution in [0.1, 0.15) is 50.3 Å². The van der Waals surface area contributed by atoms with Crippen LogP contribution >= 0.6 is 0 Å². The van der Waals surface area contributed by atoms with E-state index < -0.39 is 10.0 Å². The molecule has 0 radical (unpaired) electrons. The van der Waals surface area contributed by atoms with E-state index in [4.69, 9.17) is 5.73 Å². The fraction of sp³-hybridized carbons (Fsp3) is 0.650. The third-order valence-electron chi connectivity index (χ3n) is 5.12. The van der Waals surface area contributed by atoms with E-state index in [-0.39, 0.29) is 23.8 Å². The molecule has 1 fully saturated rings. The maximum Gasteiger partial charge on any atom is 0.243 e. The topological polar surface area (TPSA) is 92.5 Å². The number of amides is 1. The fourth-order valence-corrected chi connectivity index (χ4v) is 5.57. The molecule has 7 heteroatoms. The van der Waals surface area contributed by atoms with E-state index in [1.807, 2.05) is 26.0 Å². The minimum absolute atomic E-state index is 0.0465. The third-order valence-corrected chi connectivity index (χ3v) is 7.29. The van der Waals surface area contributed by atoms with Crippen LogP contribution in [0.5, 0.6) is 0 Å². The van der Waals surface area contributed by atoms with Gasteiger partial charge in [0.2, 0.25) is 15.9 Å². The van der Waals surface area contributed by atoms with Crippen LogP contribution in [0.15, 0.2) is 17.0 Å². The van der Waals surface area contributed by atoms with Gasteiger partial charge in [0, 0.05) is 26.2 Å². The van der Waals surface area contributed by atoms with Gasteiger partial charge in [-0.2, -0.15) is 4.31 Å². The summed E-state index contributed by atoms with van der Waals surface area (Å²) < 4.78 is 28.2. The molecule has 0 saturated carbocycles. The lowest BCUT2D eigenvalue weighted by atomic mass is 9.85. The summed E-state index contributed by atoms with van der Waals surface area (Å²) in [6.45, 7) is 11.5. The molecule has 3 N–H and O–H groups in total. The molecule has 2 rings (SSSR count). The molecule has 1 amide bonds. The Bertz CT molecular complexity index is 774. The Morgan fingerprint density at radius 1 is 1.26 bits per heavy atom. The minimum atomic E-state index is -3.64. The zero-order valence-corrected chi connectivity index (χ0v) is 17.9. The van der Waals surface area contributed by atoms with E-state index in [9.17, 15) is 13.2 Å². The summed E-state index contributed by atoms with van der Waals surface area (Å²) in [5.74, 6) is -0.439. The van der Waals surface area contributed by atoms with E-state index in [1.54, 1.807) is 0 Å². The second-order valence-electron chi connectivity index (χ2n) is 8.47. The molecule has 1 saturated heterocycles. The van der Waals surface area contributed by atoms with Crippen LogP contribution in [0, 0.1) is 19.8 Å². The summed E-state index contributed by atoms with van der Waals surface area (Å²) >= 11 is 0. The molecule has 0 bridgehead atoms. The van der Waals surface area contributed by atoms with Gasteiger partial charge in [0.15, 0.2) is 0 Å². The van der Waals surface area contributed by atoms with E-state index in [2.05, 4.69) is 26.1 Å². The molecule has 0 spiro atoms. The van der Waals surface area contributed by atoms with Gasteiger partial charge in [-0.05, 0) is 48.8 Å². The summed E-state index contributed by atoms with van der Waals surface area (Å²) in [5, 5.41) is 2.78. The van der Waals surface area contributed by atoms with Gasteiger partial charge in [-0.3, -0.25) is 4.79 Å². The van der Waals surface area contributed by atoms with Crippen LogP contribution in [-0.2, 0) is 20.2 Å². The van der Waals surface area contributed by atoms with Crippen LogP contribution in [0.2, 0.25) is 0 Å². The second-order valence-corrected chi connectivity index (χ2v) is 10.3. The number of hydrogen-bond donors (Lipinski definition) is 2. The van der Waals surface area contributed by atoms with E-state index >= 15 is 0 Å². The molecule has 1 aromatic rings. The first-order valence-corrected chi connectivity index (χ1v) is 11.0. The van der Waals surface area contributed by atoms with Crippen LogP contribution in [0.4, 0.5) is 0 Å². The first-order chi connectivity index (χ1) is 12.5. The number of benzene rings is 1. The number of nitrogens with zero attached hydrogens (tertiary/aromatic N) is 1. The summed E-state index contributed by atoms with van der Waals surface area (Å²) in [4.78, 5) is 12.6. The maximum absolute atomic E-state index is 13.3. The number of carbonyl (C=O) groups is 1. The Hall–Kier alpha value is -1.44. The average Bonchev–Trinajstić information content (AvgIpc) is 2.58. The molecule has 0 aromatic heterocycles. The molecule has 1 atom stereocenters. The highest BCUT2D eigenvalue weighted by molar-refractivity contribution is 7.89. The standard InChI is InChI=1S/C20H33N3O3S/c1-14-11-17(20(3,4)5)12-15(2)18(14)27(25,26)23-10-6-7-16(13-23)19(24)22-9-8-21/h11-12,16H,6-10,13,21H2,1-5H3,(H,22,24). The highest BCUT2D eigenvalue weighted by Gasteiger charge is 2.35. The van der Waals surface area contributed by atoms with Crippen molar-refractivity contribution in [1.82, 2.24) is 9.62 Å². The van der Waals surface area contributed by atoms with E-state index in [1.165, 1.54) is 4.31 Å². The van der Waals surface area contributed by atoms with Crippen molar-refractivity contribution in [2.75, 3.05) is 26.2 Å². The summed E-state index contributed by atoms with van der Waals surface area (Å²) in [7, 11) is -3.64. The number of piperidine rings is 1. The van der Waals surface area contributed by atoms with Crippen molar-refractivity contribution in [3.8, 4) is 0 Å². The Kier molecular flexibility index (Phi) is 6.71. The molecule has 0 aliphatic carbocycles. The van der Waals surface area contributed by atoms with Gasteiger partial charge in [-0.15, -0.1) is 0 Å². The molecule has 1 aromatic carbocycles. The van der Waals surface area contributed by atoms with Crippen molar-refractivity contribution >= 4 is 15.9 Å². The SMILES string of the molecule is Cc1cc(C(C)(C)C)cc(C)c1S(=O)(=O)N1CCCC(C(=O)NCCN)C1. The molecule has 1 aliphatic heterocycles. The smallest absolute Gasteiger partial charge is 0.243 e. The van der Waals surface area contributed by atoms with Gasteiger partial charge in [0.05, 0.1) is 10.8 Å². The van der Waals surface area contributed by atoms with Crippen molar-refractivity contribution in [2.24, 2.45) is 11.7 Å². The molecule has 1 aliphatic rings. The predicted octanol–water partition coefficient (Wildman–Crippen LogP) is 2.08. The molecule has 1 unspecified atom stereocenters. The Morgan fingerprint density at radius 2 is 1.85 bits per heavy atom. The highest BCUT2D eigenvalue weighted by atomic mass is 32.2. The van der Waals surface area contributed by atoms with Crippen molar-refractivity contribution in [1.29, 1.82) is 0 Å². The van der Waals surface area contributed by atoms with Crippen LogP contribution in [-0.4, -0.2) is 44.8 Å². The van der Waals surface area contributed by atoms with Gasteiger partial charge < -0.3 is 11.1 Å². The number of rotatable bonds is 5. The summed E-state index contributed by atoms with van der Waals surface area (Å²) in [6.07, 6.45) is 1.38. The zero-order chi connectivity index (χ0) is 20.4. The molecular formula is C20H33N3O3S. The maximum atomic E-state index is 13.3. The Labute approximate surface area is 163 Å². The molecule has 6 nitrogen and oxygen atoms in total. The molecule has 152 valence electrons. The zero-order valence-electron chi connectivity index (χ0n) is 17.1. The van der Waals surface area contributed by atoms with Crippen LogP contribution in [0.25, 0.3) is 0 Å². The van der Waals surface area contributed by atoms with Crippen molar-refractivity contribution in [3.63, 3.8) is 0 Å². The van der Waals surface area contributed by atoms with Crippen molar-refractivity contribution in [2.45, 2.75) is 57.8 Å². The summed E-state index contributed by atoms with van der Waals surface area (Å²) in [6, 6.07) is 3.94. The lowest BCUT2D eigenvalue weighted by Gasteiger charge is -2.32. The summed E-state index contributed by atoms with van der Waals surface area (Å²) in [5.41, 5.74) is 8.02. The minimum Gasteiger partial charge on any atom is -0.355 e. The third kappa shape index (κ3) is 4.89.